The zero-order chi connectivity index (χ0) is 26.9. The molecule has 12 N–H and O–H groups in total. The Labute approximate surface area is 200 Å². The van der Waals surface area contributed by atoms with Crippen molar-refractivity contribution in [3.8, 4) is 0 Å². The number of carboxylic acid groups (broad SMARTS) is 4. The van der Waals surface area contributed by atoms with Crippen LogP contribution in [0.1, 0.15) is 27.7 Å². The van der Waals surface area contributed by atoms with Gasteiger partial charge in [0.15, 0.2) is 0 Å². The van der Waals surface area contributed by atoms with Crippen LogP contribution < -0.4 is 43.4 Å². The van der Waals surface area contributed by atoms with E-state index in [1.807, 2.05) is 0 Å². The number of aliphatic hydroxyl groups excluding tert-OH is 4. The summed E-state index contributed by atoms with van der Waals surface area (Å²) in [6.07, 6.45) is -4.17. The molecule has 0 aromatic rings. The number of aliphatic carboxylic acids is 4. The molecule has 0 bridgehead atoms. The summed E-state index contributed by atoms with van der Waals surface area (Å²) in [5.41, 5.74) is 19.4. The first kappa shape index (κ1) is 41.3. The summed E-state index contributed by atoms with van der Waals surface area (Å²) in [5.74, 6) is -5.72. The van der Waals surface area contributed by atoms with Crippen LogP contribution in [0.15, 0.2) is 0 Å². The molecule has 2 radical (unpaired) electrons. The van der Waals surface area contributed by atoms with Gasteiger partial charge >= 0.3 is 17.1 Å². The number of nitrogens with two attached hydrogens (primary N) is 4. The number of carbonyl (C=O) groups is 4. The summed E-state index contributed by atoms with van der Waals surface area (Å²) in [7, 11) is 0. The van der Waals surface area contributed by atoms with E-state index in [9.17, 15) is 39.6 Å². The molecular formula is C16H32N4O12Se. The Morgan fingerprint density at radius 2 is 0.576 bits per heavy atom. The van der Waals surface area contributed by atoms with Crippen LogP contribution in [0.25, 0.3) is 0 Å². The Balaban J connectivity index is -0.000000105. The van der Waals surface area contributed by atoms with Crippen molar-refractivity contribution in [3.05, 3.63) is 0 Å². The summed E-state index contributed by atoms with van der Waals surface area (Å²) < 4.78 is 0. The van der Waals surface area contributed by atoms with E-state index < -0.39 is 72.5 Å². The molecule has 194 valence electrons. The van der Waals surface area contributed by atoms with E-state index in [0.717, 1.165) is 0 Å². The number of hydrogen-bond acceptors (Lipinski definition) is 16. The standard InChI is InChI=1S/4C4H9NO3.Se/c4*1-2(6)3(5)4(7)8;/h4*2-3,6H,5H2,1H3,(H,7,8);/q;;;;+4/p-4. The summed E-state index contributed by atoms with van der Waals surface area (Å²) in [5, 5.41) is 72.8. The summed E-state index contributed by atoms with van der Waals surface area (Å²) in [6, 6.07) is -5.07. The van der Waals surface area contributed by atoms with E-state index in [2.05, 4.69) is 0 Å². The predicted octanol–water partition coefficient (Wildman–Crippen LogP) is -10.6. The minimum absolute atomic E-state index is 0. The molecule has 8 atom stereocenters. The van der Waals surface area contributed by atoms with Crippen molar-refractivity contribution >= 4 is 40.9 Å². The van der Waals surface area contributed by atoms with Crippen LogP contribution in [0.3, 0.4) is 0 Å². The first-order valence-corrected chi connectivity index (χ1v) is 8.80. The molecule has 0 fully saturated rings. The van der Waals surface area contributed by atoms with Gasteiger partial charge in [-0.05, 0) is 27.7 Å². The maximum absolute atomic E-state index is 9.74. The van der Waals surface area contributed by atoms with Crippen LogP contribution in [0, 0.1) is 0 Å². The first-order chi connectivity index (χ1) is 14.2. The molecule has 0 aliphatic rings. The molecule has 0 heterocycles. The van der Waals surface area contributed by atoms with Gasteiger partial charge in [-0.15, -0.1) is 0 Å². The zero-order valence-corrected chi connectivity index (χ0v) is 20.1. The van der Waals surface area contributed by atoms with Gasteiger partial charge < -0.3 is 83.0 Å². The third-order valence-corrected chi connectivity index (χ3v) is 3.17. The maximum atomic E-state index is 9.74. The smallest absolute Gasteiger partial charge is 0.548 e. The topological polar surface area (TPSA) is 346 Å². The van der Waals surface area contributed by atoms with Crippen LogP contribution in [-0.2, 0) is 19.2 Å². The molecule has 0 saturated heterocycles. The van der Waals surface area contributed by atoms with E-state index in [1.54, 1.807) is 0 Å². The van der Waals surface area contributed by atoms with E-state index >= 15 is 0 Å². The Hall–Kier alpha value is -1.92. The van der Waals surface area contributed by atoms with Crippen molar-refractivity contribution in [2.24, 2.45) is 22.9 Å². The number of rotatable bonds is 8. The fraction of sp³-hybridized carbons (Fsp3) is 0.750. The summed E-state index contributed by atoms with van der Waals surface area (Å²) >= 11 is 0. The Kier molecular flexibility index (Phi) is 27.4. The van der Waals surface area contributed by atoms with Gasteiger partial charge in [0, 0.05) is 0 Å². The van der Waals surface area contributed by atoms with E-state index in [4.69, 9.17) is 43.4 Å². The normalized spacial score (nSPS) is 16.8. The van der Waals surface area contributed by atoms with Crippen LogP contribution in [-0.4, -0.2) is 110 Å². The predicted molar refractivity (Wildman–Crippen MR) is 104 cm³/mol. The average Bonchev–Trinajstić information content (AvgIpc) is 2.65. The average molecular weight is 551 g/mol. The molecule has 0 aliphatic heterocycles. The minimum Gasteiger partial charge on any atom is -0.548 e. The molecule has 0 aromatic heterocycles. The summed E-state index contributed by atoms with van der Waals surface area (Å²) in [4.78, 5) is 39.0. The number of carbonyl (C=O) groups excluding carboxylic acids is 4. The molecule has 0 spiro atoms. The fourth-order valence-corrected chi connectivity index (χ4v) is 0.788. The Bertz CT molecular complexity index is 468. The molecule has 33 heavy (non-hydrogen) atoms. The van der Waals surface area contributed by atoms with Gasteiger partial charge in [-0.25, -0.2) is 0 Å². The molecular weight excluding hydrogens is 519 g/mol. The van der Waals surface area contributed by atoms with E-state index in [0.29, 0.717) is 0 Å². The van der Waals surface area contributed by atoms with Gasteiger partial charge in [-0.3, -0.25) is 0 Å². The van der Waals surface area contributed by atoms with E-state index in [1.165, 1.54) is 27.7 Å². The maximum Gasteiger partial charge on any atom is 4.00 e. The van der Waals surface area contributed by atoms with Crippen LogP contribution in [0.2, 0.25) is 0 Å². The number of aliphatic hydroxyl groups is 4. The molecule has 0 rings (SSSR count). The van der Waals surface area contributed by atoms with Crippen molar-refractivity contribution in [1.29, 1.82) is 0 Å². The molecule has 0 aromatic carbocycles. The fourth-order valence-electron chi connectivity index (χ4n) is 0.788. The summed E-state index contributed by atoms with van der Waals surface area (Å²) in [6.45, 7) is 5.17. The second-order valence-corrected chi connectivity index (χ2v) is 6.34. The second-order valence-electron chi connectivity index (χ2n) is 6.34. The van der Waals surface area contributed by atoms with E-state index in [-0.39, 0.29) is 17.1 Å². The largest absolute Gasteiger partial charge is 4.00 e. The van der Waals surface area contributed by atoms with Crippen molar-refractivity contribution in [2.75, 3.05) is 0 Å². The molecule has 17 heteroatoms. The van der Waals surface area contributed by atoms with Crippen LogP contribution in [0.4, 0.5) is 0 Å². The quantitative estimate of drug-likeness (QED) is 0.130. The van der Waals surface area contributed by atoms with Crippen LogP contribution >= 0.6 is 0 Å². The third-order valence-electron chi connectivity index (χ3n) is 3.17. The molecule has 0 amide bonds. The first-order valence-electron chi connectivity index (χ1n) is 8.80. The number of hydrogen-bond donors (Lipinski definition) is 8. The monoisotopic (exact) mass is 552 g/mol. The van der Waals surface area contributed by atoms with Crippen molar-refractivity contribution in [3.63, 3.8) is 0 Å². The SMILES string of the molecule is CC(O)C(N)C(=O)[O-].CC(O)C(N)C(=O)[O-].CC(O)C(N)C(=O)[O-].CC(O)C(N)C(=O)[O-].[Se+4]. The number of carboxylic acids is 4. The van der Waals surface area contributed by atoms with Gasteiger partial charge in [0.05, 0.1) is 72.5 Å². The molecule has 0 saturated carbocycles. The van der Waals surface area contributed by atoms with Crippen molar-refractivity contribution < 1.29 is 60.0 Å². The van der Waals surface area contributed by atoms with Gasteiger partial charge in [-0.2, -0.15) is 0 Å². The van der Waals surface area contributed by atoms with Gasteiger partial charge in [0.1, 0.15) is 0 Å². The Morgan fingerprint density at radius 1 is 0.485 bits per heavy atom. The van der Waals surface area contributed by atoms with Crippen molar-refractivity contribution in [2.45, 2.75) is 76.3 Å². The second kappa shape index (κ2) is 21.9. The van der Waals surface area contributed by atoms with Gasteiger partial charge in [0.25, 0.3) is 0 Å². The third kappa shape index (κ3) is 26.2. The molecule has 0 aliphatic carbocycles. The minimum atomic E-state index is -1.43. The van der Waals surface area contributed by atoms with Crippen molar-refractivity contribution in [1.82, 2.24) is 0 Å². The molecule has 16 nitrogen and oxygen atoms in total. The molecule has 8 unspecified atom stereocenters. The van der Waals surface area contributed by atoms with Gasteiger partial charge in [-0.1, -0.05) is 0 Å². The zero-order valence-electron chi connectivity index (χ0n) is 18.4. The van der Waals surface area contributed by atoms with Gasteiger partial charge in [0.2, 0.25) is 0 Å². The Morgan fingerprint density at radius 3 is 0.576 bits per heavy atom. The van der Waals surface area contributed by atoms with Crippen LogP contribution in [0.5, 0.6) is 0 Å².